The molecule has 7 nitrogen and oxygen atoms in total. The van der Waals surface area contributed by atoms with Crippen LogP contribution in [0, 0.1) is 13.8 Å². The number of nitrogens with zero attached hydrogens (tertiary/aromatic N) is 1. The number of H-pyrrole nitrogens is 1. The van der Waals surface area contributed by atoms with Gasteiger partial charge in [0.1, 0.15) is 18.1 Å². The normalized spacial score (nSPS) is 10.9. The number of benzene rings is 3. The second-order valence-corrected chi connectivity index (χ2v) is 8.24. The lowest BCUT2D eigenvalue weighted by Gasteiger charge is -2.15. The van der Waals surface area contributed by atoms with E-state index in [9.17, 15) is 14.0 Å². The summed E-state index contributed by atoms with van der Waals surface area (Å²) >= 11 is 0. The molecule has 4 rings (SSSR count). The van der Waals surface area contributed by atoms with Gasteiger partial charge in [-0.25, -0.2) is 14.6 Å². The van der Waals surface area contributed by atoms with E-state index >= 15 is 0 Å². The van der Waals surface area contributed by atoms with Crippen LogP contribution in [0.25, 0.3) is 11.1 Å². The monoisotopic (exact) mass is 478 g/mol. The largest absolute Gasteiger partial charge is 0.493 e. The van der Waals surface area contributed by atoms with Crippen LogP contribution >= 0.6 is 0 Å². The number of aromatic nitrogens is 2. The van der Waals surface area contributed by atoms with Gasteiger partial charge in [0.05, 0.1) is 19.8 Å². The summed E-state index contributed by atoms with van der Waals surface area (Å²) in [5.74, 6) is 0.650. The van der Waals surface area contributed by atoms with Crippen molar-refractivity contribution in [3.05, 3.63) is 104 Å². The Labute approximate surface area is 201 Å². The molecule has 0 saturated carbocycles. The maximum atomic E-state index is 12.3. The second kappa shape index (κ2) is 10.9. The van der Waals surface area contributed by atoms with Crippen molar-refractivity contribution in [2.45, 2.75) is 33.4 Å². The summed E-state index contributed by atoms with van der Waals surface area (Å²) < 4.78 is 29.7. The molecule has 3 aromatic carbocycles. The minimum Gasteiger partial charge on any atom is -0.493 e. The Morgan fingerprint density at radius 2 is 1.71 bits per heavy atom. The molecule has 0 unspecified atom stereocenters. The number of hydrogen-bond donors (Lipinski definition) is 1. The Morgan fingerprint density at radius 3 is 2.40 bits per heavy atom. The van der Waals surface area contributed by atoms with Gasteiger partial charge in [-0.05, 0) is 71.5 Å². The molecule has 0 amide bonds. The molecule has 0 fully saturated rings. The first kappa shape index (κ1) is 24.1. The van der Waals surface area contributed by atoms with Gasteiger partial charge < -0.3 is 14.0 Å². The molecule has 182 valence electrons. The van der Waals surface area contributed by atoms with Crippen LogP contribution in [0.1, 0.15) is 28.7 Å². The first-order valence-electron chi connectivity index (χ1n) is 11.3. The summed E-state index contributed by atoms with van der Waals surface area (Å²) in [5, 5.41) is 0. The molecule has 0 bridgehead atoms. The highest BCUT2D eigenvalue weighted by Crippen LogP contribution is 2.31. The smallest absolute Gasteiger partial charge is 0.440 e. The van der Waals surface area contributed by atoms with E-state index in [1.807, 2.05) is 61.5 Å². The Balaban J connectivity index is 1.43. The van der Waals surface area contributed by atoms with Gasteiger partial charge in [0, 0.05) is 6.42 Å². The SMILES string of the molecule is Cc1cc(OCCCF)ccc1-c1cccc(COc2ccc(Cn3oc(=O)[nH]c3=O)cc2)c1C. The van der Waals surface area contributed by atoms with Crippen LogP contribution in [0.15, 0.2) is 74.8 Å². The second-order valence-electron chi connectivity index (χ2n) is 8.24. The van der Waals surface area contributed by atoms with E-state index in [2.05, 4.69) is 18.0 Å². The van der Waals surface area contributed by atoms with Gasteiger partial charge in [-0.1, -0.05) is 36.4 Å². The van der Waals surface area contributed by atoms with Crippen molar-refractivity contribution in [1.29, 1.82) is 0 Å². The van der Waals surface area contributed by atoms with Gasteiger partial charge in [-0.2, -0.15) is 0 Å². The molecule has 0 saturated heterocycles. The lowest BCUT2D eigenvalue weighted by molar-refractivity contribution is 0.258. The predicted molar refractivity (Wildman–Crippen MR) is 131 cm³/mol. The quantitative estimate of drug-likeness (QED) is 0.332. The van der Waals surface area contributed by atoms with Gasteiger partial charge in [0.2, 0.25) is 0 Å². The highest BCUT2D eigenvalue weighted by atomic mass is 19.1. The highest BCUT2D eigenvalue weighted by Gasteiger charge is 2.11. The van der Waals surface area contributed by atoms with Crippen LogP contribution in [0.3, 0.4) is 0 Å². The Bertz CT molecular complexity index is 1400. The van der Waals surface area contributed by atoms with Crippen LogP contribution in [-0.2, 0) is 13.2 Å². The van der Waals surface area contributed by atoms with Crippen LogP contribution in [0.4, 0.5) is 4.39 Å². The molecule has 8 heteroatoms. The minimum atomic E-state index is -0.777. The molecule has 0 atom stereocenters. The lowest BCUT2D eigenvalue weighted by atomic mass is 9.94. The molecule has 1 N–H and O–H groups in total. The Morgan fingerprint density at radius 1 is 0.943 bits per heavy atom. The Kier molecular flexibility index (Phi) is 7.50. The average Bonchev–Trinajstić information content (AvgIpc) is 3.16. The van der Waals surface area contributed by atoms with E-state index < -0.39 is 11.4 Å². The van der Waals surface area contributed by atoms with Crippen molar-refractivity contribution in [2.24, 2.45) is 0 Å². The van der Waals surface area contributed by atoms with Crippen LogP contribution in [-0.4, -0.2) is 23.0 Å². The molecule has 0 radical (unpaired) electrons. The predicted octanol–water partition coefficient (Wildman–Crippen LogP) is 4.78. The zero-order chi connectivity index (χ0) is 24.8. The van der Waals surface area contributed by atoms with Crippen molar-refractivity contribution >= 4 is 0 Å². The van der Waals surface area contributed by atoms with Crippen molar-refractivity contribution in [2.75, 3.05) is 13.3 Å². The number of rotatable bonds is 10. The molecule has 35 heavy (non-hydrogen) atoms. The summed E-state index contributed by atoms with van der Waals surface area (Å²) in [6, 6.07) is 19.3. The van der Waals surface area contributed by atoms with Crippen LogP contribution in [0.5, 0.6) is 11.5 Å². The molecule has 1 aromatic heterocycles. The summed E-state index contributed by atoms with van der Waals surface area (Å²) in [6.45, 7) is 4.64. The Hall–Kier alpha value is -4.07. The van der Waals surface area contributed by atoms with Crippen LogP contribution < -0.4 is 20.9 Å². The molecule has 0 spiro atoms. The maximum absolute atomic E-state index is 12.3. The number of aromatic amines is 1. The summed E-state index contributed by atoms with van der Waals surface area (Å²) in [4.78, 5) is 24.8. The number of ether oxygens (including phenoxy) is 2. The molecule has 0 aliphatic rings. The average molecular weight is 479 g/mol. The summed E-state index contributed by atoms with van der Waals surface area (Å²) in [5.41, 5.74) is 5.71. The van der Waals surface area contributed by atoms with Crippen LogP contribution in [0.2, 0.25) is 0 Å². The maximum Gasteiger partial charge on any atom is 0.440 e. The van der Waals surface area contributed by atoms with Gasteiger partial charge in [-0.3, -0.25) is 4.39 Å². The third kappa shape index (κ3) is 5.90. The third-order valence-corrected chi connectivity index (χ3v) is 5.75. The fraction of sp³-hybridized carbons (Fsp3) is 0.259. The first-order valence-corrected chi connectivity index (χ1v) is 11.3. The van der Waals surface area contributed by atoms with Crippen molar-refractivity contribution in [3.63, 3.8) is 0 Å². The van der Waals surface area contributed by atoms with Gasteiger partial charge in [-0.15, -0.1) is 4.74 Å². The summed E-state index contributed by atoms with van der Waals surface area (Å²) in [6.07, 6.45) is 0.385. The fourth-order valence-electron chi connectivity index (χ4n) is 3.84. The number of halogens is 1. The summed E-state index contributed by atoms with van der Waals surface area (Å²) in [7, 11) is 0. The third-order valence-electron chi connectivity index (χ3n) is 5.75. The topological polar surface area (TPSA) is 86.5 Å². The zero-order valence-electron chi connectivity index (χ0n) is 19.7. The zero-order valence-corrected chi connectivity index (χ0v) is 19.7. The molecular formula is C27H27FN2O5. The standard InChI is InChI=1S/C27H27FN2O5/c1-18-15-23(33-14-4-13-28)11-12-24(18)25-6-3-5-21(19(25)2)17-34-22-9-7-20(8-10-22)16-30-26(31)29-27(32)35-30/h3,5-12,15H,4,13-14,16-17H2,1-2H3,(H,29,31,32). The molecule has 0 aliphatic carbocycles. The lowest BCUT2D eigenvalue weighted by Crippen LogP contribution is -2.17. The van der Waals surface area contributed by atoms with E-state index in [0.717, 1.165) is 43.9 Å². The molecule has 0 aliphatic heterocycles. The van der Waals surface area contributed by atoms with Crippen molar-refractivity contribution in [1.82, 2.24) is 9.72 Å². The van der Waals surface area contributed by atoms with Gasteiger partial charge >= 0.3 is 11.4 Å². The van der Waals surface area contributed by atoms with E-state index in [1.54, 1.807) is 0 Å². The van der Waals surface area contributed by atoms with E-state index in [1.165, 1.54) is 0 Å². The number of alkyl halides is 1. The van der Waals surface area contributed by atoms with Crippen molar-refractivity contribution in [3.8, 4) is 22.6 Å². The van der Waals surface area contributed by atoms with Gasteiger partial charge in [0.15, 0.2) is 0 Å². The highest BCUT2D eigenvalue weighted by molar-refractivity contribution is 5.72. The molecular weight excluding hydrogens is 451 g/mol. The minimum absolute atomic E-state index is 0.151. The molecule has 1 heterocycles. The fourth-order valence-corrected chi connectivity index (χ4v) is 3.84. The molecule has 4 aromatic rings. The van der Waals surface area contributed by atoms with E-state index in [4.69, 9.17) is 14.0 Å². The van der Waals surface area contributed by atoms with Gasteiger partial charge in [0.25, 0.3) is 0 Å². The van der Waals surface area contributed by atoms with Crippen molar-refractivity contribution < 1.29 is 18.4 Å². The number of hydrogen-bond acceptors (Lipinski definition) is 5. The van der Waals surface area contributed by atoms with E-state index in [0.29, 0.717) is 25.4 Å². The number of aryl methyl sites for hydroxylation is 1. The number of nitrogens with one attached hydrogen (secondary N) is 1. The first-order chi connectivity index (χ1) is 16.9. The van der Waals surface area contributed by atoms with E-state index in [-0.39, 0.29) is 13.2 Å².